The van der Waals surface area contributed by atoms with Gasteiger partial charge in [0.1, 0.15) is 18.6 Å². The summed E-state index contributed by atoms with van der Waals surface area (Å²) in [6.07, 6.45) is 0. The highest BCUT2D eigenvalue weighted by Crippen LogP contribution is 2.30. The van der Waals surface area contributed by atoms with Crippen LogP contribution in [-0.2, 0) is 23.9 Å². The fourth-order valence-corrected chi connectivity index (χ4v) is 2.30. The zero-order valence-corrected chi connectivity index (χ0v) is 13.6. The molecule has 1 heterocycles. The summed E-state index contributed by atoms with van der Waals surface area (Å²) in [6.45, 7) is 2.35. The molecule has 0 saturated carbocycles. The maximum absolute atomic E-state index is 12.4. The van der Waals surface area contributed by atoms with Gasteiger partial charge in [0.15, 0.2) is 0 Å². The normalized spacial score (nSPS) is 16.0. The largest absolute Gasteiger partial charge is 0.465 e. The number of hydrazine groups is 1. The van der Waals surface area contributed by atoms with E-state index < -0.39 is 17.4 Å². The molecular formula is C15H17ClN2O5. The van der Waals surface area contributed by atoms with Crippen LogP contribution < -0.4 is 10.4 Å². The molecule has 0 spiro atoms. The minimum Gasteiger partial charge on any atom is -0.465 e. The average molecular weight is 341 g/mol. The highest BCUT2D eigenvalue weighted by Gasteiger charge is 2.49. The highest BCUT2D eigenvalue weighted by molar-refractivity contribution is 6.30. The lowest BCUT2D eigenvalue weighted by Gasteiger charge is -2.25. The topological polar surface area (TPSA) is 84.9 Å². The van der Waals surface area contributed by atoms with E-state index in [0.717, 1.165) is 5.69 Å². The maximum Gasteiger partial charge on any atom is 0.302 e. The third-order valence-electron chi connectivity index (χ3n) is 3.42. The Kier molecular flexibility index (Phi) is 5.10. The van der Waals surface area contributed by atoms with Gasteiger partial charge in [-0.25, -0.2) is 0 Å². The molecule has 7 nitrogen and oxygen atoms in total. The maximum atomic E-state index is 12.4. The molecule has 0 aliphatic carbocycles. The summed E-state index contributed by atoms with van der Waals surface area (Å²) in [6, 6.07) is 6.88. The van der Waals surface area contributed by atoms with Gasteiger partial charge in [-0.3, -0.25) is 24.8 Å². The number of carbonyl (C=O) groups is 3. The van der Waals surface area contributed by atoms with E-state index in [1.54, 1.807) is 29.3 Å². The Morgan fingerprint density at radius 3 is 2.17 bits per heavy atom. The second kappa shape index (κ2) is 6.87. The Morgan fingerprint density at radius 2 is 1.70 bits per heavy atom. The van der Waals surface area contributed by atoms with E-state index in [9.17, 15) is 14.4 Å². The molecule has 1 aromatic rings. The van der Waals surface area contributed by atoms with Crippen molar-refractivity contribution in [3.8, 4) is 0 Å². The molecule has 1 aliphatic rings. The van der Waals surface area contributed by atoms with Crippen molar-refractivity contribution in [1.29, 1.82) is 0 Å². The lowest BCUT2D eigenvalue weighted by molar-refractivity contribution is -0.154. The standard InChI is InChI=1S/C15H17ClN2O5/c1-10(19)22-8-15(9-23-11(2)20)7-18(17-14(15)21)13-5-3-12(16)4-6-13/h3-6H,7-9H2,1-2H3,(H,17,21). The summed E-state index contributed by atoms with van der Waals surface area (Å²) in [7, 11) is 0. The first-order valence-electron chi connectivity index (χ1n) is 6.93. The molecule has 0 radical (unpaired) electrons. The Hall–Kier alpha value is -2.28. The van der Waals surface area contributed by atoms with Crippen LogP contribution in [0.5, 0.6) is 0 Å². The van der Waals surface area contributed by atoms with Crippen molar-refractivity contribution in [2.45, 2.75) is 13.8 Å². The minimum atomic E-state index is -1.16. The zero-order chi connectivity index (χ0) is 17.0. The van der Waals surface area contributed by atoms with Gasteiger partial charge >= 0.3 is 11.9 Å². The molecule has 1 saturated heterocycles. The SMILES string of the molecule is CC(=O)OCC1(COC(C)=O)CN(c2ccc(Cl)cc2)NC1=O. The fourth-order valence-electron chi connectivity index (χ4n) is 2.18. The fraction of sp³-hybridized carbons (Fsp3) is 0.400. The van der Waals surface area contributed by atoms with Gasteiger partial charge in [0.25, 0.3) is 5.91 Å². The van der Waals surface area contributed by atoms with Crippen LogP contribution >= 0.6 is 11.6 Å². The molecule has 23 heavy (non-hydrogen) atoms. The number of nitrogens with one attached hydrogen (secondary N) is 1. The Bertz CT molecular complexity index is 599. The number of ether oxygens (including phenoxy) is 2. The van der Waals surface area contributed by atoms with Crippen LogP contribution in [0.25, 0.3) is 0 Å². The number of amides is 1. The molecule has 1 amide bonds. The van der Waals surface area contributed by atoms with Gasteiger partial charge in [-0.1, -0.05) is 11.6 Å². The van der Waals surface area contributed by atoms with Crippen LogP contribution in [-0.4, -0.2) is 37.6 Å². The summed E-state index contributed by atoms with van der Waals surface area (Å²) in [5, 5.41) is 2.18. The second-order valence-corrected chi connectivity index (χ2v) is 5.78. The van der Waals surface area contributed by atoms with Gasteiger partial charge in [-0.05, 0) is 24.3 Å². The van der Waals surface area contributed by atoms with Crippen molar-refractivity contribution in [3.63, 3.8) is 0 Å². The third kappa shape index (κ3) is 4.13. The van der Waals surface area contributed by atoms with Crippen LogP contribution in [0.4, 0.5) is 5.69 Å². The van der Waals surface area contributed by atoms with Crippen molar-refractivity contribution in [2.24, 2.45) is 5.41 Å². The number of carbonyl (C=O) groups excluding carboxylic acids is 3. The van der Waals surface area contributed by atoms with E-state index in [-0.39, 0.29) is 25.7 Å². The molecule has 8 heteroatoms. The molecule has 124 valence electrons. The molecule has 1 N–H and O–H groups in total. The molecule has 1 aromatic carbocycles. The Morgan fingerprint density at radius 1 is 1.17 bits per heavy atom. The van der Waals surface area contributed by atoms with Crippen molar-refractivity contribution in [1.82, 2.24) is 5.43 Å². The second-order valence-electron chi connectivity index (χ2n) is 5.34. The van der Waals surface area contributed by atoms with E-state index in [1.807, 2.05) is 0 Å². The van der Waals surface area contributed by atoms with Crippen LogP contribution in [0, 0.1) is 5.41 Å². The quantitative estimate of drug-likeness (QED) is 0.813. The van der Waals surface area contributed by atoms with Gasteiger partial charge < -0.3 is 9.47 Å². The molecule has 2 rings (SSSR count). The lowest BCUT2D eigenvalue weighted by atomic mass is 9.90. The number of hydrogen-bond donors (Lipinski definition) is 1. The zero-order valence-electron chi connectivity index (χ0n) is 12.8. The Labute approximate surface area is 138 Å². The van der Waals surface area contributed by atoms with Gasteiger partial charge in [0.2, 0.25) is 0 Å². The third-order valence-corrected chi connectivity index (χ3v) is 3.67. The van der Waals surface area contributed by atoms with Crippen LogP contribution in [0.15, 0.2) is 24.3 Å². The van der Waals surface area contributed by atoms with Crippen LogP contribution in [0.1, 0.15) is 13.8 Å². The van der Waals surface area contributed by atoms with Gasteiger partial charge in [0.05, 0.1) is 12.2 Å². The van der Waals surface area contributed by atoms with E-state index in [2.05, 4.69) is 5.43 Å². The first-order chi connectivity index (χ1) is 10.8. The predicted octanol–water partition coefficient (Wildman–Crippen LogP) is 1.30. The van der Waals surface area contributed by atoms with E-state index >= 15 is 0 Å². The molecule has 1 aliphatic heterocycles. The first-order valence-corrected chi connectivity index (χ1v) is 7.31. The molecule has 1 fully saturated rings. The summed E-state index contributed by atoms with van der Waals surface area (Å²) in [5.41, 5.74) is 2.26. The monoisotopic (exact) mass is 340 g/mol. The summed E-state index contributed by atoms with van der Waals surface area (Å²) >= 11 is 5.85. The molecule has 0 aromatic heterocycles. The van der Waals surface area contributed by atoms with Gasteiger partial charge in [-0.2, -0.15) is 0 Å². The molecular weight excluding hydrogens is 324 g/mol. The van der Waals surface area contributed by atoms with Gasteiger partial charge in [-0.15, -0.1) is 0 Å². The Balaban J connectivity index is 2.19. The van der Waals surface area contributed by atoms with Crippen molar-refractivity contribution in [2.75, 3.05) is 24.8 Å². The number of rotatable bonds is 5. The minimum absolute atomic E-state index is 0.175. The number of anilines is 1. The van der Waals surface area contributed by atoms with E-state index in [1.165, 1.54) is 13.8 Å². The van der Waals surface area contributed by atoms with E-state index in [0.29, 0.717) is 5.02 Å². The number of esters is 2. The van der Waals surface area contributed by atoms with Crippen molar-refractivity contribution >= 4 is 35.1 Å². The number of nitrogens with zero attached hydrogens (tertiary/aromatic N) is 1. The number of halogens is 1. The van der Waals surface area contributed by atoms with E-state index in [4.69, 9.17) is 21.1 Å². The molecule has 0 atom stereocenters. The van der Waals surface area contributed by atoms with Crippen LogP contribution in [0.2, 0.25) is 5.02 Å². The average Bonchev–Trinajstić information content (AvgIpc) is 2.81. The van der Waals surface area contributed by atoms with Gasteiger partial charge in [0, 0.05) is 18.9 Å². The first kappa shape index (κ1) is 17.1. The lowest BCUT2D eigenvalue weighted by Crippen LogP contribution is -2.42. The van der Waals surface area contributed by atoms with Crippen LogP contribution in [0.3, 0.4) is 0 Å². The molecule has 0 bridgehead atoms. The number of benzene rings is 1. The highest BCUT2D eigenvalue weighted by atomic mass is 35.5. The summed E-state index contributed by atoms with van der Waals surface area (Å²) in [5.74, 6) is -1.40. The molecule has 0 unspecified atom stereocenters. The predicted molar refractivity (Wildman–Crippen MR) is 82.6 cm³/mol. The van der Waals surface area contributed by atoms with Crippen molar-refractivity contribution in [3.05, 3.63) is 29.3 Å². The summed E-state index contributed by atoms with van der Waals surface area (Å²) in [4.78, 5) is 34.6. The van der Waals surface area contributed by atoms with Crippen molar-refractivity contribution < 1.29 is 23.9 Å². The number of hydrogen-bond acceptors (Lipinski definition) is 6. The smallest absolute Gasteiger partial charge is 0.302 e. The summed E-state index contributed by atoms with van der Waals surface area (Å²) < 4.78 is 9.99.